The van der Waals surface area contributed by atoms with Gasteiger partial charge in [-0.15, -0.1) is 0 Å². The topological polar surface area (TPSA) is 69.7 Å². The van der Waals surface area contributed by atoms with Crippen molar-refractivity contribution >= 4 is 17.7 Å². The lowest BCUT2D eigenvalue weighted by atomic mass is 9.48. The van der Waals surface area contributed by atoms with Gasteiger partial charge in [0.2, 0.25) is 0 Å². The molecule has 0 heterocycles. The minimum absolute atomic E-state index is 0.00337. The quantitative estimate of drug-likeness (QED) is 0.528. The van der Waals surface area contributed by atoms with Crippen molar-refractivity contribution in [2.75, 3.05) is 0 Å². The first-order valence-corrected chi connectivity index (χ1v) is 10.7. The molecule has 3 fully saturated rings. The molecule has 0 unspecified atom stereocenters. The van der Waals surface area contributed by atoms with E-state index in [9.17, 15) is 14.4 Å². The number of allylic oxidation sites excluding steroid dienone is 1. The number of fused-ring (bicyclic) bond motifs is 5. The standard InChI is InChI=1S/C23H32O5/c1-13(24)27-16-7-9-22(3)15(11-16)5-6-17-18(22)8-10-23(4)19(17)12-20(21(23)26)28-14(2)25/h5,16-20H,6-12H2,1-4H3/t16-,17+,18-,19-,20+,22-,23-/m0/s1. The summed E-state index contributed by atoms with van der Waals surface area (Å²) in [6.45, 7) is 7.35. The van der Waals surface area contributed by atoms with E-state index in [1.165, 1.54) is 19.4 Å². The molecule has 0 saturated heterocycles. The highest BCUT2D eigenvalue weighted by atomic mass is 16.5. The second-order valence-corrected chi connectivity index (χ2v) is 9.89. The summed E-state index contributed by atoms with van der Waals surface area (Å²) in [4.78, 5) is 35.9. The molecule has 5 nitrogen and oxygen atoms in total. The second kappa shape index (κ2) is 6.70. The van der Waals surface area contributed by atoms with Crippen molar-refractivity contribution in [1.82, 2.24) is 0 Å². The van der Waals surface area contributed by atoms with Crippen LogP contribution < -0.4 is 0 Å². The maximum Gasteiger partial charge on any atom is 0.303 e. The molecule has 0 aliphatic heterocycles. The van der Waals surface area contributed by atoms with Crippen LogP contribution in [0.5, 0.6) is 0 Å². The van der Waals surface area contributed by atoms with Crippen molar-refractivity contribution in [2.24, 2.45) is 28.6 Å². The first-order valence-electron chi connectivity index (χ1n) is 10.7. The van der Waals surface area contributed by atoms with Crippen LogP contribution in [0.4, 0.5) is 0 Å². The van der Waals surface area contributed by atoms with Crippen LogP contribution in [0, 0.1) is 28.6 Å². The van der Waals surface area contributed by atoms with Gasteiger partial charge in [-0.1, -0.05) is 25.5 Å². The van der Waals surface area contributed by atoms with Gasteiger partial charge in [-0.05, 0) is 61.7 Å². The highest BCUT2D eigenvalue weighted by Gasteiger charge is 2.62. The first kappa shape index (κ1) is 19.7. The molecule has 4 aliphatic rings. The molecule has 0 radical (unpaired) electrons. The summed E-state index contributed by atoms with van der Waals surface area (Å²) in [7, 11) is 0. The van der Waals surface area contributed by atoms with Gasteiger partial charge in [0.25, 0.3) is 0 Å². The van der Waals surface area contributed by atoms with Crippen LogP contribution in [-0.2, 0) is 23.9 Å². The van der Waals surface area contributed by atoms with E-state index < -0.39 is 6.10 Å². The molecule has 0 spiro atoms. The molecule has 28 heavy (non-hydrogen) atoms. The Kier molecular flexibility index (Phi) is 4.71. The highest BCUT2D eigenvalue weighted by molar-refractivity contribution is 5.92. The maximum absolute atomic E-state index is 13.0. The molecular formula is C23H32O5. The number of hydrogen-bond acceptors (Lipinski definition) is 5. The predicted molar refractivity (Wildman–Crippen MR) is 103 cm³/mol. The summed E-state index contributed by atoms with van der Waals surface area (Å²) < 4.78 is 10.9. The van der Waals surface area contributed by atoms with Gasteiger partial charge in [-0.2, -0.15) is 0 Å². The Bertz CT molecular complexity index is 739. The predicted octanol–water partition coefficient (Wildman–Crippen LogP) is 3.99. The number of carbonyl (C=O) groups excluding carboxylic acids is 3. The normalized spacial score (nSPS) is 44.6. The Morgan fingerprint density at radius 2 is 1.68 bits per heavy atom. The van der Waals surface area contributed by atoms with E-state index >= 15 is 0 Å². The van der Waals surface area contributed by atoms with E-state index in [4.69, 9.17) is 9.47 Å². The average Bonchev–Trinajstić information content (AvgIpc) is 2.86. The highest BCUT2D eigenvalue weighted by Crippen LogP contribution is 2.64. The third-order valence-electron chi connectivity index (χ3n) is 8.41. The van der Waals surface area contributed by atoms with Crippen molar-refractivity contribution in [3.05, 3.63) is 11.6 Å². The SMILES string of the molecule is CC(=O)O[C@H]1CC[C@@]2(C)C(=CC[C@@H]3[C@@H]2CC[C@]2(C)C(=O)[C@H](OC(C)=O)C[C@@H]32)C1. The zero-order chi connectivity index (χ0) is 20.3. The molecule has 154 valence electrons. The third-order valence-corrected chi connectivity index (χ3v) is 8.41. The van der Waals surface area contributed by atoms with Gasteiger partial charge in [0.15, 0.2) is 11.9 Å². The molecule has 4 rings (SSSR count). The number of carbonyl (C=O) groups is 3. The molecule has 0 aromatic rings. The van der Waals surface area contributed by atoms with Gasteiger partial charge in [-0.3, -0.25) is 14.4 Å². The summed E-state index contributed by atoms with van der Waals surface area (Å²) in [5.74, 6) is 0.861. The fourth-order valence-corrected chi connectivity index (χ4v) is 7.03. The van der Waals surface area contributed by atoms with Crippen LogP contribution in [0.2, 0.25) is 0 Å². The van der Waals surface area contributed by atoms with E-state index in [-0.39, 0.29) is 40.6 Å². The summed E-state index contributed by atoms with van der Waals surface area (Å²) in [6.07, 6.45) is 8.16. The maximum atomic E-state index is 13.0. The molecule has 0 amide bonds. The first-order chi connectivity index (χ1) is 13.1. The van der Waals surface area contributed by atoms with Gasteiger partial charge in [0.05, 0.1) is 0 Å². The van der Waals surface area contributed by atoms with E-state index in [2.05, 4.69) is 19.9 Å². The van der Waals surface area contributed by atoms with E-state index in [0.29, 0.717) is 18.3 Å². The van der Waals surface area contributed by atoms with Crippen LogP contribution in [0.3, 0.4) is 0 Å². The summed E-state index contributed by atoms with van der Waals surface area (Å²) in [5, 5.41) is 0. The minimum Gasteiger partial charge on any atom is -0.462 e. The van der Waals surface area contributed by atoms with Gasteiger partial charge >= 0.3 is 11.9 Å². The summed E-state index contributed by atoms with van der Waals surface area (Å²) in [6, 6.07) is 0. The lowest BCUT2D eigenvalue weighted by molar-refractivity contribution is -0.153. The average molecular weight is 389 g/mol. The number of rotatable bonds is 2. The molecule has 0 bridgehead atoms. The summed E-state index contributed by atoms with van der Waals surface area (Å²) >= 11 is 0. The number of esters is 2. The zero-order valence-corrected chi connectivity index (χ0v) is 17.5. The van der Waals surface area contributed by atoms with Crippen molar-refractivity contribution in [1.29, 1.82) is 0 Å². The molecule has 4 aliphatic carbocycles. The van der Waals surface area contributed by atoms with Crippen LogP contribution in [0.25, 0.3) is 0 Å². The number of hydrogen-bond donors (Lipinski definition) is 0. The van der Waals surface area contributed by atoms with Crippen LogP contribution in [0.15, 0.2) is 11.6 Å². The Labute approximate surface area is 167 Å². The Morgan fingerprint density at radius 1 is 1.00 bits per heavy atom. The van der Waals surface area contributed by atoms with Crippen LogP contribution in [0.1, 0.15) is 72.6 Å². The van der Waals surface area contributed by atoms with E-state index in [1.807, 2.05) is 0 Å². The number of Topliss-reactive ketones (excluding diaryl/α,β-unsaturated/α-hetero) is 1. The second-order valence-electron chi connectivity index (χ2n) is 9.89. The monoisotopic (exact) mass is 388 g/mol. The van der Waals surface area contributed by atoms with Gasteiger partial charge < -0.3 is 9.47 Å². The van der Waals surface area contributed by atoms with Gasteiger partial charge in [0.1, 0.15) is 6.10 Å². The zero-order valence-electron chi connectivity index (χ0n) is 17.5. The van der Waals surface area contributed by atoms with Crippen molar-refractivity contribution < 1.29 is 23.9 Å². The largest absolute Gasteiger partial charge is 0.462 e. The molecule has 5 heteroatoms. The number of ketones is 1. The smallest absolute Gasteiger partial charge is 0.303 e. The number of ether oxygens (including phenoxy) is 2. The van der Waals surface area contributed by atoms with Gasteiger partial charge in [0, 0.05) is 25.7 Å². The fourth-order valence-electron chi connectivity index (χ4n) is 7.03. The third kappa shape index (κ3) is 2.93. The lowest BCUT2D eigenvalue weighted by Gasteiger charge is -2.56. The Balaban J connectivity index is 1.58. The van der Waals surface area contributed by atoms with Gasteiger partial charge in [-0.25, -0.2) is 0 Å². The van der Waals surface area contributed by atoms with E-state index in [0.717, 1.165) is 38.5 Å². The molecule has 0 N–H and O–H groups in total. The molecular weight excluding hydrogens is 356 g/mol. The Morgan fingerprint density at radius 3 is 2.36 bits per heavy atom. The van der Waals surface area contributed by atoms with Crippen molar-refractivity contribution in [2.45, 2.75) is 84.8 Å². The minimum atomic E-state index is -0.566. The van der Waals surface area contributed by atoms with Crippen molar-refractivity contribution in [3.63, 3.8) is 0 Å². The Hall–Kier alpha value is -1.65. The molecule has 7 atom stereocenters. The lowest BCUT2D eigenvalue weighted by Crippen LogP contribution is -2.50. The molecule has 0 aromatic carbocycles. The van der Waals surface area contributed by atoms with E-state index in [1.54, 1.807) is 0 Å². The summed E-state index contributed by atoms with van der Waals surface area (Å²) in [5.41, 5.74) is 1.21. The van der Waals surface area contributed by atoms with Crippen LogP contribution >= 0.6 is 0 Å². The fraction of sp³-hybridized carbons (Fsp3) is 0.783. The molecule has 0 aromatic heterocycles. The van der Waals surface area contributed by atoms with Crippen LogP contribution in [-0.4, -0.2) is 29.9 Å². The van der Waals surface area contributed by atoms with Crippen molar-refractivity contribution in [3.8, 4) is 0 Å². The molecule has 3 saturated carbocycles.